The number of aromatic nitrogens is 1. The summed E-state index contributed by atoms with van der Waals surface area (Å²) in [5.41, 5.74) is 3.85. The Balaban J connectivity index is 1.88. The van der Waals surface area contributed by atoms with Crippen LogP contribution in [0.2, 0.25) is 0 Å². The van der Waals surface area contributed by atoms with Crippen LogP contribution in [0, 0.1) is 0 Å². The van der Waals surface area contributed by atoms with Crippen LogP contribution in [0.5, 0.6) is 0 Å². The molecule has 0 N–H and O–H groups in total. The Hall–Kier alpha value is -3.40. The van der Waals surface area contributed by atoms with Gasteiger partial charge < -0.3 is 9.30 Å². The smallest absolute Gasteiger partial charge is 0.334 e. The number of rotatable bonds is 6. The molecule has 0 amide bonds. The van der Waals surface area contributed by atoms with Crippen molar-refractivity contribution in [2.45, 2.75) is 32.6 Å². The van der Waals surface area contributed by atoms with Crippen LogP contribution in [-0.2, 0) is 14.9 Å². The van der Waals surface area contributed by atoms with Crippen LogP contribution in [0.25, 0.3) is 11.8 Å². The van der Waals surface area contributed by atoms with Gasteiger partial charge in [-0.2, -0.15) is 0 Å². The minimum atomic E-state index is -0.504. The second-order valence-electron chi connectivity index (χ2n) is 8.23. The van der Waals surface area contributed by atoms with Gasteiger partial charge in [-0.3, -0.25) is 4.79 Å². The SMILES string of the molecule is COC(=O)C(=Cc1cccn1-c1ccccc1)CC(=O)c1ccc(C(C)(C)C)cc1. The Morgan fingerprint density at radius 3 is 2.20 bits per heavy atom. The number of benzene rings is 2. The normalized spacial score (nSPS) is 11.9. The van der Waals surface area contributed by atoms with E-state index in [9.17, 15) is 9.59 Å². The first-order valence-corrected chi connectivity index (χ1v) is 9.95. The van der Waals surface area contributed by atoms with Crippen molar-refractivity contribution in [2.24, 2.45) is 0 Å². The van der Waals surface area contributed by atoms with Gasteiger partial charge >= 0.3 is 5.97 Å². The molecule has 1 heterocycles. The van der Waals surface area contributed by atoms with Crippen molar-refractivity contribution < 1.29 is 14.3 Å². The predicted molar refractivity (Wildman–Crippen MR) is 120 cm³/mol. The first kappa shape index (κ1) is 21.3. The summed E-state index contributed by atoms with van der Waals surface area (Å²) < 4.78 is 6.90. The van der Waals surface area contributed by atoms with E-state index in [-0.39, 0.29) is 17.6 Å². The van der Waals surface area contributed by atoms with Gasteiger partial charge in [-0.05, 0) is 41.3 Å². The van der Waals surface area contributed by atoms with E-state index in [1.54, 1.807) is 6.08 Å². The lowest BCUT2D eigenvalue weighted by Crippen LogP contribution is -2.13. The standard InChI is InChI=1S/C26H27NO3/c1-26(2,3)21-14-12-19(13-15-21)24(28)18-20(25(29)30-4)17-23-11-8-16-27(23)22-9-6-5-7-10-22/h5-17H,18H2,1-4H3. The van der Waals surface area contributed by atoms with E-state index in [2.05, 4.69) is 20.8 Å². The van der Waals surface area contributed by atoms with Crippen molar-refractivity contribution in [1.29, 1.82) is 0 Å². The molecule has 0 fully saturated rings. The number of nitrogens with zero attached hydrogens (tertiary/aromatic N) is 1. The zero-order valence-corrected chi connectivity index (χ0v) is 17.9. The molecule has 0 radical (unpaired) electrons. The summed E-state index contributed by atoms with van der Waals surface area (Å²) >= 11 is 0. The van der Waals surface area contributed by atoms with Gasteiger partial charge in [0.1, 0.15) is 0 Å². The maximum absolute atomic E-state index is 12.9. The maximum Gasteiger partial charge on any atom is 0.334 e. The molecule has 0 bridgehead atoms. The van der Waals surface area contributed by atoms with Gasteiger partial charge in [0, 0.05) is 35.1 Å². The number of para-hydroxylation sites is 1. The van der Waals surface area contributed by atoms with Gasteiger partial charge in [0.15, 0.2) is 5.78 Å². The minimum absolute atomic E-state index is 0.0154. The van der Waals surface area contributed by atoms with Crippen LogP contribution in [0.3, 0.4) is 0 Å². The highest BCUT2D eigenvalue weighted by Gasteiger charge is 2.18. The summed E-state index contributed by atoms with van der Waals surface area (Å²) in [7, 11) is 1.33. The molecule has 0 saturated carbocycles. The Labute approximate surface area is 177 Å². The highest BCUT2D eigenvalue weighted by Crippen LogP contribution is 2.23. The fraction of sp³-hybridized carbons (Fsp3) is 0.231. The lowest BCUT2D eigenvalue weighted by Gasteiger charge is -2.19. The summed E-state index contributed by atoms with van der Waals surface area (Å²) in [5, 5.41) is 0. The van der Waals surface area contributed by atoms with Crippen molar-refractivity contribution in [3.8, 4) is 5.69 Å². The molecule has 1 aromatic heterocycles. The zero-order valence-electron chi connectivity index (χ0n) is 17.9. The summed E-state index contributed by atoms with van der Waals surface area (Å²) in [5.74, 6) is -0.625. The van der Waals surface area contributed by atoms with Crippen LogP contribution in [0.1, 0.15) is 48.8 Å². The summed E-state index contributed by atoms with van der Waals surface area (Å²) in [6.07, 6.45) is 3.62. The lowest BCUT2D eigenvalue weighted by molar-refractivity contribution is -0.136. The minimum Gasteiger partial charge on any atom is -0.466 e. The number of hydrogen-bond donors (Lipinski definition) is 0. The molecule has 0 saturated heterocycles. The summed E-state index contributed by atoms with van der Waals surface area (Å²) in [4.78, 5) is 25.3. The third-order valence-corrected chi connectivity index (χ3v) is 5.01. The lowest BCUT2D eigenvalue weighted by atomic mass is 9.86. The number of methoxy groups -OCH3 is 1. The molecule has 0 spiro atoms. The second-order valence-corrected chi connectivity index (χ2v) is 8.23. The molecule has 0 aliphatic heterocycles. The van der Waals surface area contributed by atoms with Gasteiger partial charge in [-0.25, -0.2) is 4.79 Å². The quantitative estimate of drug-likeness (QED) is 0.307. The third-order valence-electron chi connectivity index (χ3n) is 5.01. The molecule has 0 atom stereocenters. The highest BCUT2D eigenvalue weighted by atomic mass is 16.5. The van der Waals surface area contributed by atoms with E-state index in [1.807, 2.05) is 77.5 Å². The van der Waals surface area contributed by atoms with Crippen molar-refractivity contribution in [1.82, 2.24) is 4.57 Å². The molecule has 4 nitrogen and oxygen atoms in total. The number of carbonyl (C=O) groups excluding carboxylic acids is 2. The number of ether oxygens (including phenoxy) is 1. The molecule has 2 aromatic carbocycles. The summed E-state index contributed by atoms with van der Waals surface area (Å²) in [6, 6.07) is 21.2. The molecule has 30 heavy (non-hydrogen) atoms. The van der Waals surface area contributed by atoms with E-state index in [0.29, 0.717) is 11.1 Å². The molecule has 154 valence electrons. The number of esters is 1. The molecule has 0 unspecified atom stereocenters. The molecule has 3 aromatic rings. The Morgan fingerprint density at radius 2 is 1.60 bits per heavy atom. The third kappa shape index (κ3) is 4.95. The van der Waals surface area contributed by atoms with E-state index in [0.717, 1.165) is 16.9 Å². The average molecular weight is 402 g/mol. The highest BCUT2D eigenvalue weighted by molar-refractivity contribution is 6.05. The van der Waals surface area contributed by atoms with Crippen LogP contribution in [0.15, 0.2) is 78.5 Å². The van der Waals surface area contributed by atoms with Crippen molar-refractivity contribution in [2.75, 3.05) is 7.11 Å². The molecular weight excluding hydrogens is 374 g/mol. The Morgan fingerprint density at radius 1 is 0.933 bits per heavy atom. The second kappa shape index (κ2) is 8.95. The van der Waals surface area contributed by atoms with Crippen LogP contribution in [-0.4, -0.2) is 23.4 Å². The fourth-order valence-corrected chi connectivity index (χ4v) is 3.26. The number of carbonyl (C=O) groups is 2. The van der Waals surface area contributed by atoms with Gasteiger partial charge in [0.2, 0.25) is 0 Å². The summed E-state index contributed by atoms with van der Waals surface area (Å²) in [6.45, 7) is 6.39. The molecule has 4 heteroatoms. The van der Waals surface area contributed by atoms with E-state index in [4.69, 9.17) is 4.74 Å². The van der Waals surface area contributed by atoms with Gasteiger partial charge in [0.25, 0.3) is 0 Å². The number of ketones is 1. The molecular formula is C26H27NO3. The van der Waals surface area contributed by atoms with E-state index in [1.165, 1.54) is 7.11 Å². The van der Waals surface area contributed by atoms with Gasteiger partial charge in [-0.15, -0.1) is 0 Å². The first-order chi connectivity index (χ1) is 14.3. The van der Waals surface area contributed by atoms with Crippen LogP contribution in [0.4, 0.5) is 0 Å². The first-order valence-electron chi connectivity index (χ1n) is 9.95. The average Bonchev–Trinajstić information content (AvgIpc) is 3.21. The Kier molecular flexibility index (Phi) is 6.36. The van der Waals surface area contributed by atoms with Crippen LogP contribution >= 0.6 is 0 Å². The number of Topliss-reactive ketones (excluding diaryl/α,β-unsaturated/α-hetero) is 1. The molecule has 0 aliphatic rings. The van der Waals surface area contributed by atoms with Crippen molar-refractivity contribution in [3.05, 3.63) is 95.3 Å². The van der Waals surface area contributed by atoms with Crippen molar-refractivity contribution >= 4 is 17.8 Å². The maximum atomic E-state index is 12.9. The van der Waals surface area contributed by atoms with Crippen molar-refractivity contribution in [3.63, 3.8) is 0 Å². The molecule has 0 aliphatic carbocycles. The Bertz CT molecular complexity index is 1050. The van der Waals surface area contributed by atoms with E-state index >= 15 is 0 Å². The predicted octanol–water partition coefficient (Wildman–Crippen LogP) is 5.60. The van der Waals surface area contributed by atoms with Gasteiger partial charge in [0.05, 0.1) is 7.11 Å². The zero-order chi connectivity index (χ0) is 21.7. The number of hydrogen-bond acceptors (Lipinski definition) is 3. The van der Waals surface area contributed by atoms with Gasteiger partial charge in [-0.1, -0.05) is 63.2 Å². The fourth-order valence-electron chi connectivity index (χ4n) is 3.26. The largest absolute Gasteiger partial charge is 0.466 e. The van der Waals surface area contributed by atoms with Crippen LogP contribution < -0.4 is 0 Å². The topological polar surface area (TPSA) is 48.3 Å². The molecule has 3 rings (SSSR count). The van der Waals surface area contributed by atoms with E-state index < -0.39 is 5.97 Å². The monoisotopic (exact) mass is 401 g/mol.